The quantitative estimate of drug-likeness (QED) is 0.253. The van der Waals surface area contributed by atoms with Gasteiger partial charge in [-0.1, -0.05) is 47.0 Å². The number of amides is 1. The molecule has 2 aromatic carbocycles. The van der Waals surface area contributed by atoms with Gasteiger partial charge in [-0.2, -0.15) is 0 Å². The lowest BCUT2D eigenvalue weighted by Crippen LogP contribution is -2.36. The Kier molecular flexibility index (Phi) is 7.28. The van der Waals surface area contributed by atoms with E-state index in [9.17, 15) is 14.9 Å². The molecule has 1 aliphatic rings. The number of rotatable bonds is 8. The fraction of sp³-hybridized carbons (Fsp3) is 0.286. The second-order valence-electron chi connectivity index (χ2n) is 6.98. The number of nitro groups is 1. The Morgan fingerprint density at radius 3 is 2.66 bits per heavy atom. The van der Waals surface area contributed by atoms with Crippen LogP contribution in [0, 0.1) is 10.1 Å². The number of nitro benzene ring substituents is 1. The molecule has 4 rings (SSSR count). The van der Waals surface area contributed by atoms with Crippen molar-refractivity contribution in [3.63, 3.8) is 0 Å². The van der Waals surface area contributed by atoms with E-state index in [1.807, 2.05) is 24.3 Å². The van der Waals surface area contributed by atoms with Crippen LogP contribution < -0.4 is 9.64 Å². The molecule has 0 N–H and O–H groups in total. The minimum atomic E-state index is -0.406. The van der Waals surface area contributed by atoms with E-state index in [4.69, 9.17) is 4.74 Å². The molecule has 3 aromatic rings. The maximum atomic E-state index is 12.8. The molecule has 11 heteroatoms. The fourth-order valence-electron chi connectivity index (χ4n) is 3.34. The van der Waals surface area contributed by atoms with Crippen molar-refractivity contribution in [1.82, 2.24) is 10.2 Å². The number of carbonyl (C=O) groups excluding carboxylic acids is 1. The molecule has 0 saturated heterocycles. The molecule has 166 valence electrons. The third kappa shape index (κ3) is 5.40. The lowest BCUT2D eigenvalue weighted by atomic mass is 10.0. The van der Waals surface area contributed by atoms with Crippen LogP contribution in [-0.4, -0.2) is 40.4 Å². The number of carbonyl (C=O) groups is 1. The molecular formula is C21H20N4O4S3. The number of thioether (sulfide) groups is 2. The van der Waals surface area contributed by atoms with Gasteiger partial charge in [0.15, 0.2) is 8.68 Å². The number of aromatic nitrogens is 2. The number of methoxy groups -OCH3 is 1. The molecule has 0 spiro atoms. The molecule has 2 heterocycles. The summed E-state index contributed by atoms with van der Waals surface area (Å²) in [4.78, 5) is 25.2. The number of ether oxygens (including phenoxy) is 1. The van der Waals surface area contributed by atoms with Crippen LogP contribution in [0.25, 0.3) is 0 Å². The molecule has 8 nitrogen and oxygen atoms in total. The van der Waals surface area contributed by atoms with Gasteiger partial charge in [-0.3, -0.25) is 14.9 Å². The van der Waals surface area contributed by atoms with E-state index in [0.29, 0.717) is 6.54 Å². The molecular weight excluding hydrogens is 468 g/mol. The van der Waals surface area contributed by atoms with Crippen molar-refractivity contribution in [2.24, 2.45) is 0 Å². The van der Waals surface area contributed by atoms with Crippen LogP contribution in [-0.2, 0) is 17.0 Å². The Hall–Kier alpha value is -2.63. The summed E-state index contributed by atoms with van der Waals surface area (Å²) in [5.74, 6) is 1.81. The molecule has 32 heavy (non-hydrogen) atoms. The van der Waals surface area contributed by atoms with E-state index >= 15 is 0 Å². The van der Waals surface area contributed by atoms with Crippen LogP contribution in [0.4, 0.5) is 11.4 Å². The van der Waals surface area contributed by atoms with Crippen molar-refractivity contribution in [1.29, 1.82) is 0 Å². The van der Waals surface area contributed by atoms with Gasteiger partial charge in [-0.05, 0) is 42.2 Å². The van der Waals surface area contributed by atoms with Gasteiger partial charge in [0.2, 0.25) is 5.91 Å². The summed E-state index contributed by atoms with van der Waals surface area (Å²) in [5.41, 5.74) is 2.83. The monoisotopic (exact) mass is 488 g/mol. The Bertz CT molecular complexity index is 1120. The average Bonchev–Trinajstić information content (AvgIpc) is 3.28. The van der Waals surface area contributed by atoms with Crippen molar-refractivity contribution < 1.29 is 14.5 Å². The van der Waals surface area contributed by atoms with Gasteiger partial charge in [0.25, 0.3) is 5.69 Å². The highest BCUT2D eigenvalue weighted by Gasteiger charge is 2.24. The summed E-state index contributed by atoms with van der Waals surface area (Å²) >= 11 is 4.45. The predicted octanol–water partition coefficient (Wildman–Crippen LogP) is 4.82. The molecule has 0 unspecified atom stereocenters. The summed E-state index contributed by atoms with van der Waals surface area (Å²) in [5, 5.41) is 19.4. The summed E-state index contributed by atoms with van der Waals surface area (Å²) in [7, 11) is 1.64. The van der Waals surface area contributed by atoms with Gasteiger partial charge >= 0.3 is 0 Å². The zero-order chi connectivity index (χ0) is 22.5. The van der Waals surface area contributed by atoms with E-state index < -0.39 is 4.92 Å². The molecule has 0 atom stereocenters. The van der Waals surface area contributed by atoms with Crippen LogP contribution in [0.1, 0.15) is 17.5 Å². The highest BCUT2D eigenvalue weighted by atomic mass is 32.2. The van der Waals surface area contributed by atoms with Gasteiger partial charge in [0.1, 0.15) is 5.75 Å². The van der Waals surface area contributed by atoms with E-state index in [1.165, 1.54) is 34.7 Å². The summed E-state index contributed by atoms with van der Waals surface area (Å²) < 4.78 is 6.77. The second kappa shape index (κ2) is 10.3. The van der Waals surface area contributed by atoms with Crippen LogP contribution >= 0.6 is 34.9 Å². The van der Waals surface area contributed by atoms with E-state index in [0.717, 1.165) is 44.3 Å². The maximum Gasteiger partial charge on any atom is 0.269 e. The van der Waals surface area contributed by atoms with Crippen molar-refractivity contribution in [2.45, 2.75) is 27.3 Å². The van der Waals surface area contributed by atoms with Crippen molar-refractivity contribution in [3.8, 4) is 5.75 Å². The fourth-order valence-corrected chi connectivity index (χ4v) is 6.19. The van der Waals surface area contributed by atoms with Gasteiger partial charge in [-0.15, -0.1) is 10.2 Å². The first-order valence-electron chi connectivity index (χ1n) is 9.83. The van der Waals surface area contributed by atoms with Gasteiger partial charge in [0.05, 0.1) is 17.8 Å². The van der Waals surface area contributed by atoms with Crippen LogP contribution in [0.5, 0.6) is 5.75 Å². The Labute approximate surface area is 197 Å². The first kappa shape index (κ1) is 22.6. The summed E-state index contributed by atoms with van der Waals surface area (Å²) in [6.07, 6.45) is 1.52. The third-order valence-electron chi connectivity index (χ3n) is 4.92. The smallest absolute Gasteiger partial charge is 0.269 e. The molecule has 1 amide bonds. The highest BCUT2D eigenvalue weighted by Crippen LogP contribution is 2.33. The molecule has 1 aromatic heterocycles. The van der Waals surface area contributed by atoms with Crippen molar-refractivity contribution in [3.05, 3.63) is 63.7 Å². The topological polar surface area (TPSA) is 98.5 Å². The average molecular weight is 489 g/mol. The number of benzene rings is 2. The van der Waals surface area contributed by atoms with Crippen LogP contribution in [0.3, 0.4) is 0 Å². The first-order chi connectivity index (χ1) is 15.5. The number of anilines is 1. The minimum absolute atomic E-state index is 0.0348. The highest BCUT2D eigenvalue weighted by molar-refractivity contribution is 8.03. The minimum Gasteiger partial charge on any atom is -0.497 e. The van der Waals surface area contributed by atoms with E-state index in [-0.39, 0.29) is 17.3 Å². The molecule has 0 bridgehead atoms. The zero-order valence-corrected chi connectivity index (χ0v) is 19.7. The Morgan fingerprint density at radius 2 is 1.94 bits per heavy atom. The number of nitrogens with zero attached hydrogens (tertiary/aromatic N) is 4. The second-order valence-corrected chi connectivity index (χ2v) is 10.4. The van der Waals surface area contributed by atoms with Gasteiger partial charge in [0, 0.05) is 30.1 Å². The Morgan fingerprint density at radius 1 is 1.19 bits per heavy atom. The van der Waals surface area contributed by atoms with E-state index in [2.05, 4.69) is 10.2 Å². The zero-order valence-electron chi connectivity index (χ0n) is 17.2. The normalized spacial score (nSPS) is 13.0. The Balaban J connectivity index is 1.32. The lowest BCUT2D eigenvalue weighted by Gasteiger charge is -2.29. The number of aryl methyl sites for hydroxylation is 1. The number of non-ortho nitro benzene ring substituents is 1. The van der Waals surface area contributed by atoms with Crippen molar-refractivity contribution >= 4 is 52.1 Å². The van der Waals surface area contributed by atoms with Crippen molar-refractivity contribution in [2.75, 3.05) is 24.3 Å². The number of hydrogen-bond donors (Lipinski definition) is 0. The number of fused-ring (bicyclic) bond motifs is 1. The van der Waals surface area contributed by atoms with E-state index in [1.54, 1.807) is 35.9 Å². The lowest BCUT2D eigenvalue weighted by molar-refractivity contribution is -0.384. The molecule has 0 aliphatic carbocycles. The standard InChI is InChI=1S/C21H20N4O4S3/c1-29-17-7-4-14(5-8-17)12-30-20-22-23-21(32-20)31-13-19(26)24-10-2-3-15-11-16(25(27)28)6-9-18(15)24/h4-9,11H,2-3,10,12-13H2,1H3. The third-order valence-corrected chi connectivity index (χ3v) is 8.17. The summed E-state index contributed by atoms with van der Waals surface area (Å²) in [6, 6.07) is 12.6. The molecule has 0 fully saturated rings. The maximum absolute atomic E-state index is 12.8. The van der Waals surface area contributed by atoms with Gasteiger partial charge in [-0.25, -0.2) is 0 Å². The molecule has 0 radical (unpaired) electrons. The first-order valence-corrected chi connectivity index (χ1v) is 12.6. The molecule has 0 saturated carbocycles. The number of hydrogen-bond acceptors (Lipinski definition) is 9. The van der Waals surface area contributed by atoms with Gasteiger partial charge < -0.3 is 9.64 Å². The predicted molar refractivity (Wildman–Crippen MR) is 127 cm³/mol. The SMILES string of the molecule is COc1ccc(CSc2nnc(SCC(=O)N3CCCc4cc([N+](=O)[O-])ccc43)s2)cc1. The van der Waals surface area contributed by atoms with Crippen LogP contribution in [0.2, 0.25) is 0 Å². The molecule has 1 aliphatic heterocycles. The summed E-state index contributed by atoms with van der Waals surface area (Å²) in [6.45, 7) is 0.614. The van der Waals surface area contributed by atoms with Crippen LogP contribution in [0.15, 0.2) is 51.1 Å². The largest absolute Gasteiger partial charge is 0.497 e.